The van der Waals surface area contributed by atoms with Crippen molar-refractivity contribution < 1.29 is 19.1 Å². The molecule has 154 valence electrons. The van der Waals surface area contributed by atoms with Crippen LogP contribution in [0.1, 0.15) is 40.0 Å². The molecule has 0 unspecified atom stereocenters. The number of Topliss-reactive ketones (excluding diaryl/α,β-unsaturated/α-hetero) is 1. The summed E-state index contributed by atoms with van der Waals surface area (Å²) in [6.45, 7) is 5.11. The molecule has 2 rings (SSSR count). The van der Waals surface area contributed by atoms with E-state index in [4.69, 9.17) is 4.74 Å². The van der Waals surface area contributed by atoms with Crippen LogP contribution in [0.5, 0.6) is 0 Å². The summed E-state index contributed by atoms with van der Waals surface area (Å²) < 4.78 is 4.97. The lowest BCUT2D eigenvalue weighted by Gasteiger charge is -2.16. The van der Waals surface area contributed by atoms with Crippen LogP contribution in [-0.2, 0) is 19.1 Å². The molecule has 0 aromatic heterocycles. The Morgan fingerprint density at radius 1 is 0.897 bits per heavy atom. The molecule has 2 aromatic carbocycles. The predicted molar refractivity (Wildman–Crippen MR) is 115 cm³/mol. The predicted octanol–water partition coefficient (Wildman–Crippen LogP) is 5.11. The number of benzene rings is 2. The molecule has 0 aliphatic carbocycles. The molecule has 0 bridgehead atoms. The summed E-state index contributed by atoms with van der Waals surface area (Å²) in [6, 6.07) is 17.7. The van der Waals surface area contributed by atoms with Crippen molar-refractivity contribution >= 4 is 35.1 Å². The summed E-state index contributed by atoms with van der Waals surface area (Å²) in [7, 11) is 0. The van der Waals surface area contributed by atoms with Crippen LogP contribution < -0.4 is 5.32 Å². The molecule has 2 aromatic rings. The Balaban J connectivity index is 1.68. The Hall–Kier alpha value is -2.60. The van der Waals surface area contributed by atoms with Gasteiger partial charge in [0, 0.05) is 33.7 Å². The number of carbonyl (C=O) groups excluding carboxylic acids is 3. The topological polar surface area (TPSA) is 72.5 Å². The fourth-order valence-corrected chi connectivity index (χ4v) is 3.12. The van der Waals surface area contributed by atoms with Gasteiger partial charge in [-0.15, -0.1) is 0 Å². The highest BCUT2D eigenvalue weighted by atomic mass is 32.2. The Morgan fingerprint density at radius 3 is 2.14 bits per heavy atom. The third-order valence-corrected chi connectivity index (χ3v) is 5.12. The lowest BCUT2D eigenvalue weighted by atomic mass is 9.91. The molecule has 0 fully saturated rings. The number of carbonyl (C=O) groups is 3. The van der Waals surface area contributed by atoms with Crippen LogP contribution in [0.25, 0.3) is 0 Å². The highest BCUT2D eigenvalue weighted by molar-refractivity contribution is 7.99. The van der Waals surface area contributed by atoms with Gasteiger partial charge in [0.15, 0.2) is 12.4 Å². The van der Waals surface area contributed by atoms with Crippen molar-refractivity contribution in [3.63, 3.8) is 0 Å². The van der Waals surface area contributed by atoms with Crippen molar-refractivity contribution in [3.05, 3.63) is 54.6 Å². The monoisotopic (exact) mass is 413 g/mol. The summed E-state index contributed by atoms with van der Waals surface area (Å²) in [5, 5.41) is 2.82. The minimum absolute atomic E-state index is 0.109. The molecule has 0 spiro atoms. The highest BCUT2D eigenvalue weighted by Crippen LogP contribution is 2.28. The smallest absolute Gasteiger partial charge is 0.306 e. The number of ether oxygens (including phenoxy) is 1. The Bertz CT molecular complexity index is 826. The van der Waals surface area contributed by atoms with Crippen LogP contribution in [-0.4, -0.2) is 24.3 Å². The van der Waals surface area contributed by atoms with Gasteiger partial charge >= 0.3 is 5.97 Å². The van der Waals surface area contributed by atoms with Gasteiger partial charge in [-0.1, -0.05) is 50.7 Å². The van der Waals surface area contributed by atoms with Gasteiger partial charge in [-0.05, 0) is 42.8 Å². The molecule has 0 radical (unpaired) electrons. The van der Waals surface area contributed by atoms with Gasteiger partial charge < -0.3 is 10.1 Å². The van der Waals surface area contributed by atoms with Gasteiger partial charge in [-0.2, -0.15) is 0 Å². The third kappa shape index (κ3) is 8.52. The molecular formula is C23H27NO4S. The fourth-order valence-electron chi connectivity index (χ4n) is 2.28. The van der Waals surface area contributed by atoms with Crippen LogP contribution in [0.4, 0.5) is 5.69 Å². The average molecular weight is 414 g/mol. The second kappa shape index (κ2) is 10.8. The molecule has 5 nitrogen and oxygen atoms in total. The van der Waals surface area contributed by atoms with E-state index < -0.39 is 11.4 Å². The highest BCUT2D eigenvalue weighted by Gasteiger charge is 2.22. The number of esters is 1. The molecule has 6 heteroatoms. The van der Waals surface area contributed by atoms with Crippen LogP contribution in [0.2, 0.25) is 0 Å². The second-order valence-corrected chi connectivity index (χ2v) is 8.82. The maximum Gasteiger partial charge on any atom is 0.306 e. The summed E-state index contributed by atoms with van der Waals surface area (Å²) >= 11 is 1.65. The number of ketones is 1. The summed E-state index contributed by atoms with van der Waals surface area (Å²) in [5.41, 5.74) is 0.181. The fraction of sp³-hybridized carbons (Fsp3) is 0.348. The Morgan fingerprint density at radius 2 is 1.52 bits per heavy atom. The van der Waals surface area contributed by atoms with Gasteiger partial charge in [-0.3, -0.25) is 14.4 Å². The zero-order valence-electron chi connectivity index (χ0n) is 17.1. The average Bonchev–Trinajstić information content (AvgIpc) is 2.67. The molecule has 0 saturated carbocycles. The maximum atomic E-state index is 12.0. The molecular weight excluding hydrogens is 386 g/mol. The number of anilines is 1. The zero-order valence-corrected chi connectivity index (χ0v) is 17.9. The zero-order chi connectivity index (χ0) is 21.3. The number of amides is 1. The van der Waals surface area contributed by atoms with E-state index in [1.165, 1.54) is 0 Å². The van der Waals surface area contributed by atoms with E-state index in [1.54, 1.807) is 32.5 Å². The largest absolute Gasteiger partial charge is 0.458 e. The SMILES string of the molecule is CC(C)(C)C(=O)COC(=O)CCCC(=O)Nc1ccc(Sc2ccccc2)cc1. The first-order valence-corrected chi connectivity index (χ1v) is 10.4. The first-order valence-electron chi connectivity index (χ1n) is 9.56. The Labute approximate surface area is 176 Å². The van der Waals surface area contributed by atoms with Gasteiger partial charge in [0.2, 0.25) is 5.91 Å². The quantitative estimate of drug-likeness (QED) is 0.579. The van der Waals surface area contributed by atoms with Crippen molar-refractivity contribution in [2.75, 3.05) is 11.9 Å². The number of hydrogen-bond donors (Lipinski definition) is 1. The van der Waals surface area contributed by atoms with E-state index in [9.17, 15) is 14.4 Å². The van der Waals surface area contributed by atoms with Crippen molar-refractivity contribution in [1.29, 1.82) is 0 Å². The van der Waals surface area contributed by atoms with Gasteiger partial charge in [0.1, 0.15) is 0 Å². The van der Waals surface area contributed by atoms with Crippen LogP contribution in [0.3, 0.4) is 0 Å². The molecule has 0 atom stereocenters. The Kier molecular flexibility index (Phi) is 8.46. The van der Waals surface area contributed by atoms with E-state index in [0.29, 0.717) is 12.1 Å². The summed E-state index contributed by atoms with van der Waals surface area (Å²) in [6.07, 6.45) is 0.691. The van der Waals surface area contributed by atoms with Crippen molar-refractivity contribution in [2.24, 2.45) is 5.41 Å². The molecule has 29 heavy (non-hydrogen) atoms. The minimum Gasteiger partial charge on any atom is -0.458 e. The third-order valence-electron chi connectivity index (χ3n) is 4.10. The summed E-state index contributed by atoms with van der Waals surface area (Å²) in [5.74, 6) is -0.748. The van der Waals surface area contributed by atoms with Crippen LogP contribution in [0.15, 0.2) is 64.4 Å². The molecule has 0 saturated heterocycles. The first kappa shape index (κ1) is 22.7. The van der Waals surface area contributed by atoms with Crippen molar-refractivity contribution in [2.45, 2.75) is 49.8 Å². The van der Waals surface area contributed by atoms with E-state index in [0.717, 1.165) is 9.79 Å². The molecule has 0 aliphatic heterocycles. The number of hydrogen-bond acceptors (Lipinski definition) is 5. The van der Waals surface area contributed by atoms with Gasteiger partial charge in [0.25, 0.3) is 0 Å². The lowest BCUT2D eigenvalue weighted by Crippen LogP contribution is -2.26. The van der Waals surface area contributed by atoms with E-state index in [1.807, 2.05) is 54.6 Å². The number of rotatable bonds is 9. The van der Waals surface area contributed by atoms with Crippen LogP contribution >= 0.6 is 11.8 Å². The molecule has 0 aliphatic rings. The molecule has 1 amide bonds. The van der Waals surface area contributed by atoms with Crippen molar-refractivity contribution in [1.82, 2.24) is 0 Å². The van der Waals surface area contributed by atoms with Gasteiger partial charge in [0.05, 0.1) is 0 Å². The van der Waals surface area contributed by atoms with E-state index in [2.05, 4.69) is 5.32 Å². The normalized spacial score (nSPS) is 11.0. The molecule has 0 heterocycles. The van der Waals surface area contributed by atoms with E-state index >= 15 is 0 Å². The minimum atomic E-state index is -0.532. The summed E-state index contributed by atoms with van der Waals surface area (Å²) in [4.78, 5) is 37.7. The van der Waals surface area contributed by atoms with Crippen molar-refractivity contribution in [3.8, 4) is 0 Å². The lowest BCUT2D eigenvalue weighted by molar-refractivity contribution is -0.150. The van der Waals surface area contributed by atoms with Gasteiger partial charge in [-0.25, -0.2) is 0 Å². The maximum absolute atomic E-state index is 12.0. The standard InChI is InChI=1S/C23H27NO4S/c1-23(2,3)20(25)16-28-22(27)11-7-10-21(26)24-17-12-14-19(15-13-17)29-18-8-5-4-6-9-18/h4-6,8-9,12-15H,7,10-11,16H2,1-3H3,(H,24,26). The first-order chi connectivity index (χ1) is 13.7. The van der Waals surface area contributed by atoms with Crippen LogP contribution in [0, 0.1) is 5.41 Å². The number of nitrogens with one attached hydrogen (secondary N) is 1. The molecule has 1 N–H and O–H groups in total. The van der Waals surface area contributed by atoms with E-state index in [-0.39, 0.29) is 31.1 Å². The second-order valence-electron chi connectivity index (χ2n) is 7.68.